The second-order valence-electron chi connectivity index (χ2n) is 8.98. The lowest BCUT2D eigenvalue weighted by atomic mass is 10.1. The molecule has 7 nitrogen and oxygen atoms in total. The van der Waals surface area contributed by atoms with Gasteiger partial charge in [0.1, 0.15) is 0 Å². The van der Waals surface area contributed by atoms with E-state index in [4.69, 9.17) is 0 Å². The van der Waals surface area contributed by atoms with Crippen molar-refractivity contribution in [3.8, 4) is 11.8 Å². The van der Waals surface area contributed by atoms with Crippen LogP contribution in [0.3, 0.4) is 0 Å². The van der Waals surface area contributed by atoms with Crippen LogP contribution in [-0.4, -0.2) is 52.3 Å². The average Bonchev–Trinajstić information content (AvgIpc) is 3.17. The van der Waals surface area contributed by atoms with Crippen LogP contribution in [0.4, 0.5) is 0 Å². The van der Waals surface area contributed by atoms with E-state index in [1.807, 2.05) is 36.6 Å². The van der Waals surface area contributed by atoms with E-state index in [2.05, 4.69) is 21.3 Å². The van der Waals surface area contributed by atoms with E-state index in [1.165, 1.54) is 12.5 Å². The van der Waals surface area contributed by atoms with E-state index in [-0.39, 0.29) is 11.7 Å². The number of carbonyl (C=O) groups is 2. The summed E-state index contributed by atoms with van der Waals surface area (Å²) in [6, 6.07) is 11.4. The average molecular weight is 470 g/mol. The molecule has 3 heterocycles. The molecule has 35 heavy (non-hydrogen) atoms. The smallest absolute Gasteiger partial charge is 0.243 e. The molecule has 1 aromatic carbocycles. The number of aromatic nitrogens is 2. The van der Waals surface area contributed by atoms with E-state index in [9.17, 15) is 14.9 Å². The van der Waals surface area contributed by atoms with Gasteiger partial charge in [-0.05, 0) is 81.2 Å². The molecule has 1 aliphatic rings. The van der Waals surface area contributed by atoms with Gasteiger partial charge < -0.3 is 9.88 Å². The molecular formula is C28H31N5O2. The number of carbonyl (C=O) groups excluding carboxylic acids is 2. The third-order valence-corrected chi connectivity index (χ3v) is 6.39. The molecule has 1 amide bonds. The molecule has 0 atom stereocenters. The van der Waals surface area contributed by atoms with Gasteiger partial charge in [0.05, 0.1) is 34.8 Å². The summed E-state index contributed by atoms with van der Waals surface area (Å²) >= 11 is 0. The largest absolute Gasteiger partial charge is 0.353 e. The lowest BCUT2D eigenvalue weighted by Crippen LogP contribution is -2.34. The van der Waals surface area contributed by atoms with Gasteiger partial charge in [-0.1, -0.05) is 13.3 Å². The predicted molar refractivity (Wildman–Crippen MR) is 137 cm³/mol. The van der Waals surface area contributed by atoms with Crippen molar-refractivity contribution in [2.75, 3.05) is 26.2 Å². The second-order valence-corrected chi connectivity index (χ2v) is 8.98. The Kier molecular flexibility index (Phi) is 7.74. The number of Topliss-reactive ketones (excluding diaryl/α,β-unsaturated/α-hetero) is 1. The summed E-state index contributed by atoms with van der Waals surface area (Å²) in [5, 5.41) is 12.0. The van der Waals surface area contributed by atoms with Crippen molar-refractivity contribution in [2.45, 2.75) is 39.5 Å². The van der Waals surface area contributed by atoms with Gasteiger partial charge in [-0.3, -0.25) is 19.5 Å². The second kappa shape index (κ2) is 11.1. The van der Waals surface area contributed by atoms with E-state index in [0.29, 0.717) is 29.7 Å². The first kappa shape index (κ1) is 24.4. The summed E-state index contributed by atoms with van der Waals surface area (Å²) in [6.45, 7) is 6.85. The number of nitriles is 1. The lowest BCUT2D eigenvalue weighted by Gasteiger charge is -2.25. The van der Waals surface area contributed by atoms with Crippen molar-refractivity contribution in [2.24, 2.45) is 0 Å². The first-order valence-electron chi connectivity index (χ1n) is 12.2. The molecule has 0 spiro atoms. The minimum Gasteiger partial charge on any atom is -0.353 e. The van der Waals surface area contributed by atoms with Crippen LogP contribution in [-0.2, 0) is 4.79 Å². The fourth-order valence-corrected chi connectivity index (χ4v) is 4.62. The third-order valence-electron chi connectivity index (χ3n) is 6.39. The van der Waals surface area contributed by atoms with Crippen LogP contribution in [0.1, 0.15) is 59.8 Å². The highest BCUT2D eigenvalue weighted by atomic mass is 16.1. The highest BCUT2D eigenvalue weighted by molar-refractivity contribution is 6.09. The van der Waals surface area contributed by atoms with Crippen molar-refractivity contribution < 1.29 is 9.59 Å². The minimum absolute atomic E-state index is 0.0662. The summed E-state index contributed by atoms with van der Waals surface area (Å²) in [5.41, 5.74) is 5.10. The summed E-state index contributed by atoms with van der Waals surface area (Å²) in [7, 11) is 0. The van der Waals surface area contributed by atoms with E-state index >= 15 is 0 Å². The SMILES string of the molecule is CCCNC(=O)/C=C/c1cnc2c(C(=O)CN3CCCCC3)c(C)n(-c3ccc(C#N)cc3)c2c1. The number of likely N-dealkylation sites (tertiary alicyclic amines) is 1. The standard InChI is InChI=1S/C28H31N5O2/c1-3-13-30-26(35)12-9-22-16-24-28(31-18-22)27(25(34)19-32-14-5-4-6-15-32)20(2)33(24)23-10-7-21(17-29)8-11-23/h7-12,16,18H,3-6,13-15,19H2,1-2H3,(H,30,35)/b12-9+. The number of piperidine rings is 1. The molecule has 4 rings (SSSR count). The first-order chi connectivity index (χ1) is 17.0. The molecule has 0 saturated carbocycles. The Bertz CT molecular complexity index is 1290. The number of rotatable bonds is 8. The highest BCUT2D eigenvalue weighted by Crippen LogP contribution is 2.30. The first-order valence-corrected chi connectivity index (χ1v) is 12.2. The zero-order valence-electron chi connectivity index (χ0n) is 20.4. The van der Waals surface area contributed by atoms with Crippen LogP contribution in [0.5, 0.6) is 0 Å². The number of hydrogen-bond acceptors (Lipinski definition) is 5. The zero-order chi connectivity index (χ0) is 24.8. The minimum atomic E-state index is -0.150. The summed E-state index contributed by atoms with van der Waals surface area (Å²) in [5.74, 6) is -0.0838. The Hall–Kier alpha value is -3.76. The topological polar surface area (TPSA) is 91.0 Å². The summed E-state index contributed by atoms with van der Waals surface area (Å²) in [6.07, 6.45) is 9.28. The molecule has 180 valence electrons. The van der Waals surface area contributed by atoms with Crippen molar-refractivity contribution in [1.82, 2.24) is 19.8 Å². The van der Waals surface area contributed by atoms with Crippen LogP contribution in [0.25, 0.3) is 22.8 Å². The third kappa shape index (κ3) is 5.50. The number of ketones is 1. The quantitative estimate of drug-likeness (QED) is 0.390. The zero-order valence-corrected chi connectivity index (χ0v) is 20.4. The maximum atomic E-state index is 13.5. The van der Waals surface area contributed by atoms with Crippen LogP contribution in [0.2, 0.25) is 0 Å². The summed E-state index contributed by atoms with van der Waals surface area (Å²) in [4.78, 5) is 32.4. The van der Waals surface area contributed by atoms with Gasteiger partial charge in [0, 0.05) is 30.2 Å². The van der Waals surface area contributed by atoms with Crippen molar-refractivity contribution >= 4 is 28.8 Å². The molecule has 1 saturated heterocycles. The van der Waals surface area contributed by atoms with Gasteiger partial charge in [0.25, 0.3) is 0 Å². The lowest BCUT2D eigenvalue weighted by molar-refractivity contribution is -0.116. The van der Waals surface area contributed by atoms with E-state index in [0.717, 1.165) is 54.8 Å². The molecule has 1 fully saturated rings. The number of fused-ring (bicyclic) bond motifs is 1. The van der Waals surface area contributed by atoms with Crippen LogP contribution in [0.15, 0.2) is 42.6 Å². The molecule has 1 N–H and O–H groups in total. The molecule has 3 aromatic rings. The van der Waals surface area contributed by atoms with Gasteiger partial charge >= 0.3 is 0 Å². The predicted octanol–water partition coefficient (Wildman–Crippen LogP) is 4.41. The molecular weight excluding hydrogens is 438 g/mol. The number of hydrogen-bond donors (Lipinski definition) is 1. The van der Waals surface area contributed by atoms with Gasteiger partial charge in [-0.25, -0.2) is 0 Å². The fourth-order valence-electron chi connectivity index (χ4n) is 4.62. The number of benzene rings is 1. The highest BCUT2D eigenvalue weighted by Gasteiger charge is 2.24. The van der Waals surface area contributed by atoms with Gasteiger partial charge in [0.15, 0.2) is 5.78 Å². The molecule has 1 aliphatic heterocycles. The number of amides is 1. The summed E-state index contributed by atoms with van der Waals surface area (Å²) < 4.78 is 2.02. The van der Waals surface area contributed by atoms with Crippen LogP contribution >= 0.6 is 0 Å². The molecule has 7 heteroatoms. The number of nitrogens with zero attached hydrogens (tertiary/aromatic N) is 4. The number of nitrogens with one attached hydrogen (secondary N) is 1. The molecule has 0 bridgehead atoms. The van der Waals surface area contributed by atoms with Crippen molar-refractivity contribution in [3.63, 3.8) is 0 Å². The van der Waals surface area contributed by atoms with Crippen molar-refractivity contribution in [3.05, 3.63) is 65.0 Å². The molecule has 0 radical (unpaired) electrons. The molecule has 0 aliphatic carbocycles. The van der Waals surface area contributed by atoms with Crippen molar-refractivity contribution in [1.29, 1.82) is 5.26 Å². The Morgan fingerprint density at radius 1 is 1.17 bits per heavy atom. The van der Waals surface area contributed by atoms with Gasteiger partial charge in [-0.15, -0.1) is 0 Å². The van der Waals surface area contributed by atoms with Gasteiger partial charge in [-0.2, -0.15) is 5.26 Å². The Morgan fingerprint density at radius 2 is 1.91 bits per heavy atom. The Labute approximate surface area is 206 Å². The Morgan fingerprint density at radius 3 is 2.60 bits per heavy atom. The van der Waals surface area contributed by atoms with E-state index in [1.54, 1.807) is 24.4 Å². The normalized spacial score (nSPS) is 14.3. The maximum absolute atomic E-state index is 13.5. The Balaban J connectivity index is 1.76. The number of pyridine rings is 1. The van der Waals surface area contributed by atoms with Crippen LogP contribution in [0, 0.1) is 18.3 Å². The monoisotopic (exact) mass is 469 g/mol. The van der Waals surface area contributed by atoms with E-state index < -0.39 is 0 Å². The molecule has 2 aromatic heterocycles. The molecule has 0 unspecified atom stereocenters. The van der Waals surface area contributed by atoms with Gasteiger partial charge in [0.2, 0.25) is 5.91 Å². The fraction of sp³-hybridized carbons (Fsp3) is 0.357. The van der Waals surface area contributed by atoms with Crippen LogP contribution < -0.4 is 5.32 Å². The maximum Gasteiger partial charge on any atom is 0.243 e.